The standard InChI is InChI=1S/C14H23N3O4S/c1-14(2,3)11-7-13(21-16-11)15-12(18)8-17(4)10-5-6-22(19,20)9-10/h7,10H,5-6,8-9H2,1-4H3,(H,15,18). The largest absolute Gasteiger partial charge is 0.338 e. The highest BCUT2D eigenvalue weighted by Gasteiger charge is 2.31. The van der Waals surface area contributed by atoms with E-state index in [1.807, 2.05) is 20.8 Å². The number of rotatable bonds is 4. The quantitative estimate of drug-likeness (QED) is 0.887. The summed E-state index contributed by atoms with van der Waals surface area (Å²) in [6, 6.07) is 1.60. The van der Waals surface area contributed by atoms with Crippen LogP contribution in [0, 0.1) is 0 Å². The molecule has 1 fully saturated rings. The van der Waals surface area contributed by atoms with Crippen molar-refractivity contribution in [3.05, 3.63) is 11.8 Å². The van der Waals surface area contributed by atoms with Gasteiger partial charge in [-0.25, -0.2) is 8.42 Å². The number of hydrogen-bond donors (Lipinski definition) is 1. The van der Waals surface area contributed by atoms with Crippen molar-refractivity contribution in [2.75, 3.05) is 30.4 Å². The summed E-state index contributed by atoms with van der Waals surface area (Å²) >= 11 is 0. The zero-order valence-corrected chi connectivity index (χ0v) is 14.2. The molecular weight excluding hydrogens is 306 g/mol. The topological polar surface area (TPSA) is 92.5 Å². The third-order valence-corrected chi connectivity index (χ3v) is 5.52. The Morgan fingerprint density at radius 3 is 2.68 bits per heavy atom. The summed E-state index contributed by atoms with van der Waals surface area (Å²) in [4.78, 5) is 13.8. The molecule has 1 atom stereocenters. The number of carbonyl (C=O) groups is 1. The second-order valence-corrected chi connectivity index (χ2v) is 9.08. The van der Waals surface area contributed by atoms with Crippen molar-refractivity contribution in [2.24, 2.45) is 0 Å². The lowest BCUT2D eigenvalue weighted by molar-refractivity contribution is -0.117. The predicted octanol–water partition coefficient (Wildman–Crippen LogP) is 1.03. The van der Waals surface area contributed by atoms with Gasteiger partial charge >= 0.3 is 0 Å². The molecule has 1 saturated heterocycles. The summed E-state index contributed by atoms with van der Waals surface area (Å²) in [5.41, 5.74) is 0.611. The molecule has 124 valence electrons. The molecule has 7 nitrogen and oxygen atoms in total. The molecule has 1 amide bonds. The molecule has 2 heterocycles. The fourth-order valence-electron chi connectivity index (χ4n) is 2.34. The predicted molar refractivity (Wildman–Crippen MR) is 83.5 cm³/mol. The Balaban J connectivity index is 1.89. The maximum Gasteiger partial charge on any atom is 0.240 e. The highest BCUT2D eigenvalue weighted by atomic mass is 32.2. The number of hydrogen-bond acceptors (Lipinski definition) is 6. The van der Waals surface area contributed by atoms with Gasteiger partial charge in [0.05, 0.1) is 23.7 Å². The van der Waals surface area contributed by atoms with E-state index in [-0.39, 0.29) is 35.4 Å². The molecule has 0 aromatic carbocycles. The van der Waals surface area contributed by atoms with Crippen molar-refractivity contribution in [1.29, 1.82) is 0 Å². The SMILES string of the molecule is CN(CC(=O)Nc1cc(C(C)(C)C)no1)C1CCS(=O)(=O)C1. The van der Waals surface area contributed by atoms with Crippen molar-refractivity contribution in [3.63, 3.8) is 0 Å². The molecule has 0 aliphatic carbocycles. The van der Waals surface area contributed by atoms with E-state index in [9.17, 15) is 13.2 Å². The van der Waals surface area contributed by atoms with Crippen LogP contribution in [0.5, 0.6) is 0 Å². The van der Waals surface area contributed by atoms with E-state index >= 15 is 0 Å². The molecule has 22 heavy (non-hydrogen) atoms. The van der Waals surface area contributed by atoms with Crippen molar-refractivity contribution in [3.8, 4) is 0 Å². The van der Waals surface area contributed by atoms with E-state index in [0.29, 0.717) is 12.3 Å². The Hall–Kier alpha value is -1.41. The van der Waals surface area contributed by atoms with Gasteiger partial charge in [-0.3, -0.25) is 15.0 Å². The molecule has 0 spiro atoms. The Morgan fingerprint density at radius 2 is 2.18 bits per heavy atom. The van der Waals surface area contributed by atoms with E-state index in [4.69, 9.17) is 4.52 Å². The third kappa shape index (κ3) is 4.30. The summed E-state index contributed by atoms with van der Waals surface area (Å²) in [6.07, 6.45) is 0.572. The second kappa shape index (κ2) is 6.00. The minimum Gasteiger partial charge on any atom is -0.338 e. The van der Waals surface area contributed by atoms with Gasteiger partial charge < -0.3 is 4.52 Å². The maximum absolute atomic E-state index is 12.0. The van der Waals surface area contributed by atoms with Crippen LogP contribution in [-0.2, 0) is 20.0 Å². The Bertz CT molecular complexity index is 645. The molecule has 0 radical (unpaired) electrons. The summed E-state index contributed by atoms with van der Waals surface area (Å²) < 4.78 is 28.0. The van der Waals surface area contributed by atoms with Crippen LogP contribution < -0.4 is 5.32 Å². The molecule has 0 bridgehead atoms. The molecular formula is C14H23N3O4S. The summed E-state index contributed by atoms with van der Waals surface area (Å²) in [5, 5.41) is 6.58. The molecule has 1 unspecified atom stereocenters. The van der Waals surface area contributed by atoms with Gasteiger partial charge in [-0.15, -0.1) is 0 Å². The minimum absolute atomic E-state index is 0.101. The first-order valence-corrected chi connectivity index (χ1v) is 9.07. The average molecular weight is 329 g/mol. The van der Waals surface area contributed by atoms with Crippen LogP contribution in [0.2, 0.25) is 0 Å². The zero-order chi connectivity index (χ0) is 16.5. The van der Waals surface area contributed by atoms with E-state index in [0.717, 1.165) is 5.69 Å². The maximum atomic E-state index is 12.0. The van der Waals surface area contributed by atoms with Gasteiger partial charge in [0.15, 0.2) is 9.84 Å². The van der Waals surface area contributed by atoms with Crippen LogP contribution >= 0.6 is 0 Å². The fraction of sp³-hybridized carbons (Fsp3) is 0.714. The monoisotopic (exact) mass is 329 g/mol. The molecule has 1 N–H and O–H groups in total. The average Bonchev–Trinajstić information content (AvgIpc) is 2.94. The number of sulfone groups is 1. The number of nitrogens with zero attached hydrogens (tertiary/aromatic N) is 2. The van der Waals surface area contributed by atoms with E-state index in [2.05, 4.69) is 10.5 Å². The Morgan fingerprint density at radius 1 is 1.50 bits per heavy atom. The van der Waals surface area contributed by atoms with Gasteiger partial charge in [0.25, 0.3) is 0 Å². The fourth-order valence-corrected chi connectivity index (χ4v) is 4.15. The molecule has 1 aliphatic heterocycles. The van der Waals surface area contributed by atoms with Crippen molar-refractivity contribution >= 4 is 21.6 Å². The highest BCUT2D eigenvalue weighted by molar-refractivity contribution is 7.91. The van der Waals surface area contributed by atoms with Crippen LogP contribution in [0.1, 0.15) is 32.9 Å². The van der Waals surface area contributed by atoms with Crippen molar-refractivity contribution in [2.45, 2.75) is 38.6 Å². The van der Waals surface area contributed by atoms with E-state index in [1.165, 1.54) is 0 Å². The zero-order valence-electron chi connectivity index (χ0n) is 13.4. The lowest BCUT2D eigenvalue weighted by Crippen LogP contribution is -2.38. The van der Waals surface area contributed by atoms with Gasteiger partial charge in [0.2, 0.25) is 11.8 Å². The number of anilines is 1. The van der Waals surface area contributed by atoms with Crippen LogP contribution in [0.3, 0.4) is 0 Å². The molecule has 1 aromatic heterocycles. The summed E-state index contributed by atoms with van der Waals surface area (Å²) in [6.45, 7) is 6.13. The smallest absolute Gasteiger partial charge is 0.240 e. The first-order chi connectivity index (χ1) is 10.1. The number of aromatic nitrogens is 1. The molecule has 8 heteroatoms. The number of amides is 1. The molecule has 0 saturated carbocycles. The first kappa shape index (κ1) is 17.0. The van der Waals surface area contributed by atoms with Gasteiger partial charge in [0, 0.05) is 17.5 Å². The molecule has 2 rings (SSSR count). The first-order valence-electron chi connectivity index (χ1n) is 7.24. The van der Waals surface area contributed by atoms with Gasteiger partial charge in [0.1, 0.15) is 0 Å². The van der Waals surface area contributed by atoms with E-state index < -0.39 is 9.84 Å². The van der Waals surface area contributed by atoms with Gasteiger partial charge in [-0.2, -0.15) is 0 Å². The summed E-state index contributed by atoms with van der Waals surface area (Å²) in [7, 11) is -1.19. The number of carbonyl (C=O) groups excluding carboxylic acids is 1. The second-order valence-electron chi connectivity index (χ2n) is 6.85. The minimum atomic E-state index is -2.95. The van der Waals surface area contributed by atoms with Crippen molar-refractivity contribution < 1.29 is 17.7 Å². The Labute approximate surface area is 131 Å². The normalized spacial score (nSPS) is 21.2. The van der Waals surface area contributed by atoms with E-state index in [1.54, 1.807) is 18.0 Å². The number of likely N-dealkylation sites (N-methyl/N-ethyl adjacent to an activating group) is 1. The number of nitrogens with one attached hydrogen (secondary N) is 1. The van der Waals surface area contributed by atoms with Gasteiger partial charge in [-0.05, 0) is 13.5 Å². The third-order valence-electron chi connectivity index (χ3n) is 3.77. The van der Waals surface area contributed by atoms with Crippen LogP contribution in [0.4, 0.5) is 5.88 Å². The Kier molecular flexibility index (Phi) is 4.62. The lowest BCUT2D eigenvalue weighted by atomic mass is 9.92. The molecule has 1 aromatic rings. The van der Waals surface area contributed by atoms with Gasteiger partial charge in [-0.1, -0.05) is 25.9 Å². The summed E-state index contributed by atoms with van der Waals surface area (Å²) in [5.74, 6) is 0.374. The van der Waals surface area contributed by atoms with Crippen LogP contribution in [0.15, 0.2) is 10.6 Å². The van der Waals surface area contributed by atoms with Crippen LogP contribution in [-0.4, -0.2) is 55.5 Å². The highest BCUT2D eigenvalue weighted by Crippen LogP contribution is 2.23. The lowest BCUT2D eigenvalue weighted by Gasteiger charge is -2.21. The van der Waals surface area contributed by atoms with Crippen LogP contribution in [0.25, 0.3) is 0 Å². The van der Waals surface area contributed by atoms with Crippen molar-refractivity contribution in [1.82, 2.24) is 10.1 Å². The molecule has 1 aliphatic rings.